The molecule has 0 saturated carbocycles. The Balaban J connectivity index is 1.43. The molecule has 4 aromatic rings. The summed E-state index contributed by atoms with van der Waals surface area (Å²) < 4.78 is 2.27. The molecule has 6 heteroatoms. The minimum absolute atomic E-state index is 0.0760. The molecular weight excluding hydrogens is 362 g/mol. The van der Waals surface area contributed by atoms with Crippen molar-refractivity contribution in [2.24, 2.45) is 0 Å². The molecule has 0 spiro atoms. The minimum atomic E-state index is 0.0760. The van der Waals surface area contributed by atoms with Gasteiger partial charge in [-0.25, -0.2) is 4.98 Å². The van der Waals surface area contributed by atoms with Gasteiger partial charge in [-0.15, -0.1) is 0 Å². The van der Waals surface area contributed by atoms with Gasteiger partial charge < -0.3 is 9.47 Å². The topological polar surface area (TPSA) is 63.9 Å². The van der Waals surface area contributed by atoms with Crippen LogP contribution < -0.4 is 0 Å². The maximum atomic E-state index is 13.1. The Morgan fingerprint density at radius 2 is 2.03 bits per heavy atom. The SMILES string of the molecule is CC(C)n1c([C@H]2CCN(C(=O)c3ccc4ncccc4c3)C2)nc2ccncc21. The number of imidazole rings is 1. The van der Waals surface area contributed by atoms with Crippen LogP contribution in [0.25, 0.3) is 21.9 Å². The number of pyridine rings is 2. The number of hydrogen-bond acceptors (Lipinski definition) is 4. The van der Waals surface area contributed by atoms with Gasteiger partial charge >= 0.3 is 0 Å². The maximum absolute atomic E-state index is 13.1. The monoisotopic (exact) mass is 385 g/mol. The average Bonchev–Trinajstić information content (AvgIpc) is 3.37. The molecule has 5 rings (SSSR count). The number of likely N-dealkylation sites (tertiary alicyclic amines) is 1. The van der Waals surface area contributed by atoms with Gasteiger partial charge in [-0.3, -0.25) is 14.8 Å². The molecule has 29 heavy (non-hydrogen) atoms. The van der Waals surface area contributed by atoms with Crippen molar-refractivity contribution < 1.29 is 4.79 Å². The summed E-state index contributed by atoms with van der Waals surface area (Å²) in [6.45, 7) is 5.76. The van der Waals surface area contributed by atoms with Crippen LogP contribution in [0, 0.1) is 0 Å². The minimum Gasteiger partial charge on any atom is -0.338 e. The lowest BCUT2D eigenvalue weighted by atomic mass is 10.1. The van der Waals surface area contributed by atoms with Crippen LogP contribution in [-0.2, 0) is 0 Å². The number of carbonyl (C=O) groups excluding carboxylic acids is 1. The number of benzene rings is 1. The lowest BCUT2D eigenvalue weighted by Crippen LogP contribution is -2.28. The fourth-order valence-electron chi connectivity index (χ4n) is 4.34. The zero-order valence-electron chi connectivity index (χ0n) is 16.6. The predicted molar refractivity (Wildman–Crippen MR) is 113 cm³/mol. The second-order valence-corrected chi connectivity index (χ2v) is 7.95. The average molecular weight is 385 g/mol. The number of nitrogens with zero attached hydrogens (tertiary/aromatic N) is 5. The number of carbonyl (C=O) groups is 1. The highest BCUT2D eigenvalue weighted by atomic mass is 16.2. The molecule has 0 unspecified atom stereocenters. The van der Waals surface area contributed by atoms with E-state index in [1.165, 1.54) is 0 Å². The molecule has 4 heterocycles. The summed E-state index contributed by atoms with van der Waals surface area (Å²) in [5.74, 6) is 1.36. The molecule has 0 N–H and O–H groups in total. The maximum Gasteiger partial charge on any atom is 0.253 e. The molecule has 1 saturated heterocycles. The Hall–Kier alpha value is -3.28. The van der Waals surface area contributed by atoms with Gasteiger partial charge in [0.2, 0.25) is 0 Å². The van der Waals surface area contributed by atoms with E-state index in [1.807, 2.05) is 47.5 Å². The van der Waals surface area contributed by atoms with Gasteiger partial charge in [0, 0.05) is 48.4 Å². The summed E-state index contributed by atoms with van der Waals surface area (Å²) in [6, 6.07) is 11.9. The molecule has 1 aliphatic heterocycles. The molecule has 6 nitrogen and oxygen atoms in total. The Labute approximate surface area is 169 Å². The van der Waals surface area contributed by atoms with Gasteiger partial charge in [-0.1, -0.05) is 6.07 Å². The van der Waals surface area contributed by atoms with Gasteiger partial charge in [0.25, 0.3) is 5.91 Å². The fourth-order valence-corrected chi connectivity index (χ4v) is 4.34. The first-order valence-electron chi connectivity index (χ1n) is 10.1. The molecule has 1 atom stereocenters. The highest BCUT2D eigenvalue weighted by Gasteiger charge is 2.32. The molecular formula is C23H23N5O. The van der Waals surface area contributed by atoms with Crippen molar-refractivity contribution in [3.8, 4) is 0 Å². The van der Waals surface area contributed by atoms with Crippen LogP contribution in [0.4, 0.5) is 0 Å². The highest BCUT2D eigenvalue weighted by Crippen LogP contribution is 2.32. The van der Waals surface area contributed by atoms with Crippen molar-refractivity contribution >= 4 is 27.8 Å². The van der Waals surface area contributed by atoms with Crippen molar-refractivity contribution in [2.45, 2.75) is 32.2 Å². The van der Waals surface area contributed by atoms with Gasteiger partial charge in [0.05, 0.1) is 22.7 Å². The number of rotatable bonds is 3. The van der Waals surface area contributed by atoms with Gasteiger partial charge in [-0.2, -0.15) is 0 Å². The Bertz CT molecular complexity index is 1210. The predicted octanol–water partition coefficient (Wildman–Crippen LogP) is 4.19. The molecule has 0 bridgehead atoms. The van der Waals surface area contributed by atoms with E-state index in [0.29, 0.717) is 12.1 Å². The van der Waals surface area contributed by atoms with Crippen LogP contribution in [-0.4, -0.2) is 43.4 Å². The van der Waals surface area contributed by atoms with Crippen LogP contribution in [0.2, 0.25) is 0 Å². The van der Waals surface area contributed by atoms with E-state index in [9.17, 15) is 4.79 Å². The third-order valence-corrected chi connectivity index (χ3v) is 5.73. The summed E-state index contributed by atoms with van der Waals surface area (Å²) >= 11 is 0. The van der Waals surface area contributed by atoms with Crippen LogP contribution in [0.5, 0.6) is 0 Å². The summed E-state index contributed by atoms with van der Waals surface area (Å²) in [5, 5.41) is 0.989. The molecule has 0 radical (unpaired) electrons. The van der Waals surface area contributed by atoms with Gasteiger partial charge in [0.1, 0.15) is 5.82 Å². The summed E-state index contributed by atoms with van der Waals surface area (Å²) in [4.78, 5) is 28.6. The molecule has 1 amide bonds. The lowest BCUT2D eigenvalue weighted by molar-refractivity contribution is 0.0790. The standard InChI is InChI=1S/C23H23N5O/c1-15(2)28-21-13-24-10-7-20(21)26-22(28)18-8-11-27(14-18)23(29)17-5-6-19-16(12-17)4-3-9-25-19/h3-7,9-10,12-13,15,18H,8,11,14H2,1-2H3/t18-/m0/s1. The third kappa shape index (κ3) is 3.05. The fraction of sp³-hybridized carbons (Fsp3) is 0.304. The number of amides is 1. The van der Waals surface area contributed by atoms with E-state index in [4.69, 9.17) is 4.98 Å². The normalized spacial score (nSPS) is 16.9. The molecule has 1 fully saturated rings. The number of fused-ring (bicyclic) bond motifs is 2. The first-order chi connectivity index (χ1) is 14.1. The molecule has 146 valence electrons. The number of aromatic nitrogens is 4. The zero-order valence-corrected chi connectivity index (χ0v) is 16.6. The van der Waals surface area contributed by atoms with Crippen LogP contribution >= 0.6 is 0 Å². The zero-order chi connectivity index (χ0) is 20.0. The lowest BCUT2D eigenvalue weighted by Gasteiger charge is -2.19. The van der Waals surface area contributed by atoms with Crippen molar-refractivity contribution in [1.29, 1.82) is 0 Å². The summed E-state index contributed by atoms with van der Waals surface area (Å²) in [6.07, 6.45) is 6.35. The van der Waals surface area contributed by atoms with Crippen molar-refractivity contribution in [3.63, 3.8) is 0 Å². The van der Waals surface area contributed by atoms with Gasteiger partial charge in [-0.05, 0) is 50.6 Å². The largest absolute Gasteiger partial charge is 0.338 e. The van der Waals surface area contributed by atoms with E-state index >= 15 is 0 Å². The molecule has 3 aromatic heterocycles. The second kappa shape index (κ2) is 6.95. The van der Waals surface area contributed by atoms with E-state index in [-0.39, 0.29) is 17.9 Å². The van der Waals surface area contributed by atoms with E-state index in [2.05, 4.69) is 28.4 Å². The highest BCUT2D eigenvalue weighted by molar-refractivity contribution is 5.98. The smallest absolute Gasteiger partial charge is 0.253 e. The second-order valence-electron chi connectivity index (χ2n) is 7.95. The van der Waals surface area contributed by atoms with Crippen molar-refractivity contribution in [3.05, 3.63) is 66.4 Å². The van der Waals surface area contributed by atoms with Crippen molar-refractivity contribution in [1.82, 2.24) is 24.4 Å². The van der Waals surface area contributed by atoms with Crippen molar-refractivity contribution in [2.75, 3.05) is 13.1 Å². The molecule has 1 aliphatic rings. The van der Waals surface area contributed by atoms with E-state index < -0.39 is 0 Å². The van der Waals surface area contributed by atoms with E-state index in [1.54, 1.807) is 12.4 Å². The Morgan fingerprint density at radius 3 is 2.90 bits per heavy atom. The molecule has 0 aliphatic carbocycles. The van der Waals surface area contributed by atoms with Gasteiger partial charge in [0.15, 0.2) is 0 Å². The first kappa shape index (κ1) is 17.8. The first-order valence-corrected chi connectivity index (χ1v) is 10.1. The van der Waals surface area contributed by atoms with Crippen LogP contribution in [0.3, 0.4) is 0 Å². The quantitative estimate of drug-likeness (QED) is 0.530. The van der Waals surface area contributed by atoms with E-state index in [0.717, 1.165) is 40.7 Å². The van der Waals surface area contributed by atoms with Crippen LogP contribution in [0.15, 0.2) is 55.0 Å². The number of hydrogen-bond donors (Lipinski definition) is 0. The third-order valence-electron chi connectivity index (χ3n) is 5.73. The molecule has 1 aromatic carbocycles. The summed E-state index contributed by atoms with van der Waals surface area (Å²) in [7, 11) is 0. The Kier molecular flexibility index (Phi) is 4.27. The summed E-state index contributed by atoms with van der Waals surface area (Å²) in [5.41, 5.74) is 3.65. The Morgan fingerprint density at radius 1 is 1.14 bits per heavy atom. The van der Waals surface area contributed by atoms with Crippen LogP contribution in [0.1, 0.15) is 48.4 Å².